The van der Waals surface area contributed by atoms with E-state index in [-0.39, 0.29) is 36.8 Å². The van der Waals surface area contributed by atoms with Gasteiger partial charge in [-0.15, -0.1) is 0 Å². The van der Waals surface area contributed by atoms with Crippen LogP contribution in [-0.2, 0) is 26.5 Å². The first-order chi connectivity index (χ1) is 16.8. The van der Waals surface area contributed by atoms with Gasteiger partial charge in [0.05, 0.1) is 28.3 Å². The summed E-state index contributed by atoms with van der Waals surface area (Å²) < 4.78 is 51.5. The van der Waals surface area contributed by atoms with Crippen LogP contribution in [0, 0.1) is 0 Å². The van der Waals surface area contributed by atoms with Crippen LogP contribution in [0.15, 0.2) is 46.3 Å². The second-order valence-electron chi connectivity index (χ2n) is 7.74. The molecule has 0 atom stereocenters. The van der Waals surface area contributed by atoms with Crippen LogP contribution in [0.1, 0.15) is 10.4 Å². The zero-order valence-corrected chi connectivity index (χ0v) is 21.4. The molecule has 0 bridgehead atoms. The first-order valence-corrected chi connectivity index (χ1v) is 13.2. The summed E-state index contributed by atoms with van der Waals surface area (Å²) in [5.41, 5.74) is 1.16. The lowest BCUT2D eigenvalue weighted by Gasteiger charge is -2.21. The molecular weight excluding hydrogens is 494 g/mol. The first kappa shape index (κ1) is 25.3. The van der Waals surface area contributed by atoms with Gasteiger partial charge in [-0.1, -0.05) is 11.3 Å². The van der Waals surface area contributed by atoms with Crippen LogP contribution in [-0.4, -0.2) is 76.9 Å². The van der Waals surface area contributed by atoms with Crippen molar-refractivity contribution in [3.05, 3.63) is 46.8 Å². The van der Waals surface area contributed by atoms with Gasteiger partial charge in [0, 0.05) is 52.1 Å². The van der Waals surface area contributed by atoms with Crippen molar-refractivity contribution in [1.29, 1.82) is 0 Å². The van der Waals surface area contributed by atoms with Gasteiger partial charge in [-0.3, -0.25) is 4.79 Å². The molecule has 0 spiro atoms. The highest BCUT2D eigenvalue weighted by atomic mass is 32.2. The summed E-state index contributed by atoms with van der Waals surface area (Å²) in [6, 6.07) is 9.53. The largest absolute Gasteiger partial charge is 0.486 e. The van der Waals surface area contributed by atoms with Crippen LogP contribution in [0.4, 0.5) is 0 Å². The number of rotatable bonds is 9. The number of thiazole rings is 1. The molecule has 1 amide bonds. The second-order valence-corrected chi connectivity index (χ2v) is 10.7. The Hall–Kier alpha value is -2.77. The Bertz CT molecular complexity index is 1370. The summed E-state index contributed by atoms with van der Waals surface area (Å²) in [7, 11) is 1.07. The van der Waals surface area contributed by atoms with Crippen LogP contribution >= 0.6 is 11.3 Å². The topological polar surface area (TPSA) is 109 Å². The van der Waals surface area contributed by atoms with Crippen LogP contribution in [0.5, 0.6) is 11.5 Å². The standard InChI is InChI=1S/C23H27N3O7S2/c1-25-18-14-19-20(33-13-12-32-19)15-21(18)34-23(25)24-22(27)16-4-6-17(7-5-16)35(28,29)26(8-10-30-2)9-11-31-3/h4-7,14-15H,8-13H2,1-3H3. The van der Waals surface area contributed by atoms with Gasteiger partial charge in [-0.05, 0) is 24.3 Å². The van der Waals surface area contributed by atoms with Crippen LogP contribution in [0.25, 0.3) is 10.2 Å². The highest BCUT2D eigenvalue weighted by Crippen LogP contribution is 2.35. The van der Waals surface area contributed by atoms with Crippen LogP contribution < -0.4 is 14.3 Å². The highest BCUT2D eigenvalue weighted by molar-refractivity contribution is 7.89. The number of aromatic nitrogens is 1. The quantitative estimate of drug-likeness (QED) is 0.424. The van der Waals surface area contributed by atoms with Gasteiger partial charge >= 0.3 is 0 Å². The predicted molar refractivity (Wildman–Crippen MR) is 131 cm³/mol. The second kappa shape index (κ2) is 10.9. The van der Waals surface area contributed by atoms with Crippen molar-refractivity contribution in [1.82, 2.24) is 8.87 Å². The lowest BCUT2D eigenvalue weighted by Crippen LogP contribution is -2.36. The van der Waals surface area contributed by atoms with E-state index in [4.69, 9.17) is 18.9 Å². The molecule has 1 aliphatic rings. The third kappa shape index (κ3) is 5.41. The molecule has 1 aliphatic heterocycles. The Kier molecular flexibility index (Phi) is 7.87. The third-order valence-electron chi connectivity index (χ3n) is 5.50. The number of methoxy groups -OCH3 is 2. The van der Waals surface area contributed by atoms with Crippen LogP contribution in [0.3, 0.4) is 0 Å². The molecule has 0 radical (unpaired) electrons. The molecule has 4 rings (SSSR count). The van der Waals surface area contributed by atoms with Crippen molar-refractivity contribution >= 4 is 37.5 Å². The highest BCUT2D eigenvalue weighted by Gasteiger charge is 2.24. The Morgan fingerprint density at radius 1 is 1.06 bits per heavy atom. The summed E-state index contributed by atoms with van der Waals surface area (Å²) >= 11 is 1.36. The van der Waals surface area contributed by atoms with Crippen molar-refractivity contribution in [2.24, 2.45) is 12.0 Å². The van der Waals surface area contributed by atoms with Gasteiger partial charge in [0.2, 0.25) is 10.0 Å². The molecule has 10 nitrogen and oxygen atoms in total. The minimum Gasteiger partial charge on any atom is -0.486 e. The first-order valence-electron chi connectivity index (χ1n) is 10.9. The molecule has 35 heavy (non-hydrogen) atoms. The van der Waals surface area contributed by atoms with Crippen LogP contribution in [0.2, 0.25) is 0 Å². The van der Waals surface area contributed by atoms with Gasteiger partial charge in [0.1, 0.15) is 13.2 Å². The van der Waals surface area contributed by atoms with Gasteiger partial charge in [0.15, 0.2) is 16.3 Å². The molecule has 3 aromatic rings. The number of benzene rings is 2. The Morgan fingerprint density at radius 2 is 1.66 bits per heavy atom. The summed E-state index contributed by atoms with van der Waals surface area (Å²) in [5.74, 6) is 0.867. The summed E-state index contributed by atoms with van der Waals surface area (Å²) in [5, 5.41) is 0. The van der Waals surface area contributed by atoms with E-state index >= 15 is 0 Å². The Labute approximate surface area is 207 Å². The van der Waals surface area contributed by atoms with Crippen molar-refractivity contribution < 1.29 is 32.2 Å². The maximum absolute atomic E-state index is 13.1. The average molecular weight is 522 g/mol. The van der Waals surface area contributed by atoms with Gasteiger partial charge < -0.3 is 23.5 Å². The SMILES string of the molecule is COCCN(CCOC)S(=O)(=O)c1ccc(C(=O)N=c2sc3cc4c(cc3n2C)OCCO4)cc1. The molecule has 0 saturated carbocycles. The lowest BCUT2D eigenvalue weighted by atomic mass is 10.2. The van der Waals surface area contributed by atoms with Gasteiger partial charge in [-0.2, -0.15) is 9.30 Å². The van der Waals surface area contributed by atoms with E-state index in [1.165, 1.54) is 54.1 Å². The normalized spacial score (nSPS) is 14.1. The lowest BCUT2D eigenvalue weighted by molar-refractivity contribution is 0.0998. The van der Waals surface area contributed by atoms with E-state index in [0.717, 1.165) is 10.2 Å². The fraction of sp³-hybridized carbons (Fsp3) is 0.391. The molecule has 188 valence electrons. The Balaban J connectivity index is 1.59. The Morgan fingerprint density at radius 3 is 2.26 bits per heavy atom. The van der Waals surface area contributed by atoms with Gasteiger partial charge in [0.25, 0.3) is 5.91 Å². The number of nitrogens with zero attached hydrogens (tertiary/aromatic N) is 3. The number of amides is 1. The molecule has 2 aromatic carbocycles. The zero-order chi connectivity index (χ0) is 25.0. The number of aryl methyl sites for hydroxylation is 1. The number of hydrogen-bond acceptors (Lipinski definition) is 8. The van der Waals surface area contributed by atoms with E-state index in [0.29, 0.717) is 29.5 Å². The average Bonchev–Trinajstić information content (AvgIpc) is 3.16. The number of fused-ring (bicyclic) bond motifs is 2. The molecular formula is C23H27N3O7S2. The number of sulfonamides is 1. The molecule has 0 saturated heterocycles. The molecule has 0 fully saturated rings. The third-order valence-corrected chi connectivity index (χ3v) is 8.51. The van der Waals surface area contributed by atoms with Gasteiger partial charge in [-0.25, -0.2) is 8.42 Å². The van der Waals surface area contributed by atoms with E-state index in [9.17, 15) is 13.2 Å². The zero-order valence-electron chi connectivity index (χ0n) is 19.7. The van der Waals surface area contributed by atoms with E-state index in [1.54, 1.807) is 0 Å². The maximum Gasteiger partial charge on any atom is 0.279 e. The van der Waals surface area contributed by atoms with E-state index < -0.39 is 15.9 Å². The summed E-state index contributed by atoms with van der Waals surface area (Å²) in [6.45, 7) is 1.89. The van der Waals surface area contributed by atoms with Crippen molar-refractivity contribution in [2.75, 3.05) is 53.7 Å². The predicted octanol–water partition coefficient (Wildman–Crippen LogP) is 2.04. The molecule has 0 unspecified atom stereocenters. The number of ether oxygens (including phenoxy) is 4. The van der Waals surface area contributed by atoms with Crippen molar-refractivity contribution in [3.63, 3.8) is 0 Å². The molecule has 1 aromatic heterocycles. The fourth-order valence-electron chi connectivity index (χ4n) is 3.58. The smallest absolute Gasteiger partial charge is 0.279 e. The summed E-state index contributed by atoms with van der Waals surface area (Å²) in [6.07, 6.45) is 0. The van der Waals surface area contributed by atoms with Crippen molar-refractivity contribution in [2.45, 2.75) is 4.90 Å². The van der Waals surface area contributed by atoms with E-state index in [2.05, 4.69) is 4.99 Å². The number of carbonyl (C=O) groups excluding carboxylic acids is 1. The molecule has 2 heterocycles. The molecule has 0 N–H and O–H groups in total. The fourth-order valence-corrected chi connectivity index (χ4v) is 6.01. The number of hydrogen-bond donors (Lipinski definition) is 0. The molecule has 12 heteroatoms. The summed E-state index contributed by atoms with van der Waals surface area (Å²) in [4.78, 5) is 17.7. The monoisotopic (exact) mass is 521 g/mol. The van der Waals surface area contributed by atoms with E-state index in [1.807, 2.05) is 23.7 Å². The van der Waals surface area contributed by atoms with Crippen molar-refractivity contribution in [3.8, 4) is 11.5 Å². The molecule has 0 aliphatic carbocycles. The minimum atomic E-state index is -3.77. The minimum absolute atomic E-state index is 0.0826. The maximum atomic E-state index is 13.1. The number of carbonyl (C=O) groups is 1.